The number of nitrogens with zero attached hydrogens (tertiary/aromatic N) is 5. The molecule has 4 heterocycles. The van der Waals surface area contributed by atoms with Crippen molar-refractivity contribution in [3.05, 3.63) is 72.6 Å². The summed E-state index contributed by atoms with van der Waals surface area (Å²) in [5.41, 5.74) is 5.69. The Hall–Kier alpha value is -3.52. The van der Waals surface area contributed by atoms with Crippen molar-refractivity contribution < 1.29 is 4.39 Å². The predicted octanol–water partition coefficient (Wildman–Crippen LogP) is 4.10. The number of H-pyrrole nitrogens is 1. The van der Waals surface area contributed by atoms with E-state index in [2.05, 4.69) is 49.9 Å². The SMILES string of the molecule is FC12CC(CNCc3cc4ccc(Cn5cc(-c6cccn7cncc67)nn5)cc4[nH]3)(C1)C2. The van der Waals surface area contributed by atoms with Crippen LogP contribution in [-0.2, 0) is 13.1 Å². The Balaban J connectivity index is 1.05. The molecule has 0 saturated heterocycles. The van der Waals surface area contributed by atoms with Gasteiger partial charge in [0.1, 0.15) is 11.4 Å². The molecule has 0 aliphatic heterocycles. The highest BCUT2D eigenvalue weighted by Gasteiger charge is 2.68. The second-order valence-corrected chi connectivity index (χ2v) is 9.91. The Morgan fingerprint density at radius 2 is 2.06 bits per heavy atom. The van der Waals surface area contributed by atoms with Gasteiger partial charge in [-0.15, -0.1) is 5.10 Å². The summed E-state index contributed by atoms with van der Waals surface area (Å²) >= 11 is 0. The fourth-order valence-corrected chi connectivity index (χ4v) is 5.79. The lowest BCUT2D eigenvalue weighted by atomic mass is 9.42. The number of hydrogen-bond acceptors (Lipinski definition) is 4. The molecule has 0 radical (unpaired) electrons. The molecule has 8 rings (SSSR count). The molecule has 7 nitrogen and oxygen atoms in total. The van der Waals surface area contributed by atoms with Gasteiger partial charge >= 0.3 is 0 Å². The molecule has 3 aliphatic carbocycles. The Bertz CT molecular complexity index is 1470. The van der Waals surface area contributed by atoms with E-state index in [0.29, 0.717) is 6.54 Å². The van der Waals surface area contributed by atoms with E-state index in [1.165, 1.54) is 5.39 Å². The van der Waals surface area contributed by atoms with Crippen LogP contribution in [0.2, 0.25) is 0 Å². The fourth-order valence-electron chi connectivity index (χ4n) is 5.79. The summed E-state index contributed by atoms with van der Waals surface area (Å²) in [6, 6.07) is 12.7. The van der Waals surface area contributed by atoms with Crippen molar-refractivity contribution in [2.75, 3.05) is 6.54 Å². The van der Waals surface area contributed by atoms with Crippen LogP contribution < -0.4 is 5.32 Å². The number of halogens is 1. The molecule has 4 aromatic heterocycles. The van der Waals surface area contributed by atoms with Crippen LogP contribution in [-0.4, -0.2) is 41.6 Å². The van der Waals surface area contributed by atoms with Gasteiger partial charge in [0.2, 0.25) is 0 Å². The maximum atomic E-state index is 13.7. The number of imidazole rings is 1. The Kier molecular flexibility index (Phi) is 3.88. The lowest BCUT2D eigenvalue weighted by Gasteiger charge is -2.66. The minimum atomic E-state index is -0.822. The highest BCUT2D eigenvalue weighted by atomic mass is 19.1. The zero-order valence-electron chi connectivity index (χ0n) is 18.1. The molecule has 0 spiro atoms. The van der Waals surface area contributed by atoms with Gasteiger partial charge < -0.3 is 14.7 Å². The minimum Gasteiger partial charge on any atom is -0.357 e. The van der Waals surface area contributed by atoms with Crippen molar-refractivity contribution in [1.82, 2.24) is 34.7 Å². The van der Waals surface area contributed by atoms with E-state index < -0.39 is 5.67 Å². The highest BCUT2D eigenvalue weighted by Crippen LogP contribution is 2.69. The highest BCUT2D eigenvalue weighted by molar-refractivity contribution is 5.81. The minimum absolute atomic E-state index is 0.230. The van der Waals surface area contributed by atoms with Gasteiger partial charge in [-0.1, -0.05) is 17.3 Å². The molecule has 2 bridgehead atoms. The van der Waals surface area contributed by atoms with Gasteiger partial charge in [-0.05, 0) is 59.9 Å². The molecular formula is C25H24FN7. The molecule has 5 aromatic rings. The monoisotopic (exact) mass is 441 g/mol. The first-order chi connectivity index (χ1) is 16.1. The summed E-state index contributed by atoms with van der Waals surface area (Å²) in [5.74, 6) is 0. The fraction of sp³-hybridized carbons (Fsp3) is 0.320. The molecular weight excluding hydrogens is 417 g/mol. The van der Waals surface area contributed by atoms with Crippen LogP contribution in [0.3, 0.4) is 0 Å². The number of pyridine rings is 1. The number of nitrogens with one attached hydrogen (secondary N) is 2. The largest absolute Gasteiger partial charge is 0.357 e. The summed E-state index contributed by atoms with van der Waals surface area (Å²) in [4.78, 5) is 7.74. The number of rotatable bonds is 7. The first-order valence-corrected chi connectivity index (χ1v) is 11.4. The van der Waals surface area contributed by atoms with Gasteiger partial charge in [-0.25, -0.2) is 14.1 Å². The Morgan fingerprint density at radius 1 is 1.15 bits per heavy atom. The number of hydrogen-bond donors (Lipinski definition) is 2. The molecule has 33 heavy (non-hydrogen) atoms. The molecule has 166 valence electrons. The van der Waals surface area contributed by atoms with Crippen LogP contribution in [0.4, 0.5) is 4.39 Å². The molecule has 1 aromatic carbocycles. The first kappa shape index (κ1) is 19.0. The smallest absolute Gasteiger partial charge is 0.115 e. The Labute approximate surface area is 189 Å². The van der Waals surface area contributed by atoms with E-state index in [-0.39, 0.29) is 5.41 Å². The van der Waals surface area contributed by atoms with E-state index in [9.17, 15) is 4.39 Å². The lowest BCUT2D eigenvalue weighted by Crippen LogP contribution is -2.67. The zero-order chi connectivity index (χ0) is 22.0. The third kappa shape index (κ3) is 3.16. The van der Waals surface area contributed by atoms with E-state index in [0.717, 1.165) is 65.9 Å². The average molecular weight is 442 g/mol. The molecule has 3 fully saturated rings. The second kappa shape index (κ2) is 6.74. The van der Waals surface area contributed by atoms with Crippen LogP contribution in [0.1, 0.15) is 30.5 Å². The van der Waals surface area contributed by atoms with Crippen LogP contribution in [0.15, 0.2) is 61.3 Å². The molecule has 0 amide bonds. The zero-order valence-corrected chi connectivity index (χ0v) is 18.1. The van der Waals surface area contributed by atoms with E-state index in [1.807, 2.05) is 39.8 Å². The maximum Gasteiger partial charge on any atom is 0.115 e. The second-order valence-electron chi connectivity index (χ2n) is 9.91. The van der Waals surface area contributed by atoms with Gasteiger partial charge in [-0.3, -0.25) is 0 Å². The summed E-state index contributed by atoms with van der Waals surface area (Å²) in [6.07, 6.45) is 9.79. The third-order valence-electron chi connectivity index (χ3n) is 7.24. The van der Waals surface area contributed by atoms with E-state index in [4.69, 9.17) is 0 Å². The quantitative estimate of drug-likeness (QED) is 0.399. The van der Waals surface area contributed by atoms with Crippen molar-refractivity contribution in [2.45, 2.75) is 38.0 Å². The van der Waals surface area contributed by atoms with Crippen LogP contribution in [0.5, 0.6) is 0 Å². The van der Waals surface area contributed by atoms with Gasteiger partial charge in [-0.2, -0.15) is 0 Å². The normalized spacial score (nSPS) is 23.7. The van der Waals surface area contributed by atoms with Crippen molar-refractivity contribution in [3.8, 4) is 11.3 Å². The number of alkyl halides is 1. The molecule has 2 N–H and O–H groups in total. The molecule has 3 aliphatic rings. The standard InChI is InChI=1S/C25H24FN7/c26-25-12-24(13-25,14-25)15-27-8-19-7-18-4-3-17(6-21(18)29-19)10-33-11-22(30-31-33)20-2-1-5-32-16-28-9-23(20)32/h1-7,9,11,16,27,29H,8,10,12-15H2. The predicted molar refractivity (Wildman–Crippen MR) is 123 cm³/mol. The summed E-state index contributed by atoms with van der Waals surface area (Å²) in [7, 11) is 0. The number of aromatic amines is 1. The maximum absolute atomic E-state index is 13.7. The number of fused-ring (bicyclic) bond motifs is 2. The topological polar surface area (TPSA) is 75.8 Å². The van der Waals surface area contributed by atoms with Gasteiger partial charge in [0.15, 0.2) is 0 Å². The van der Waals surface area contributed by atoms with Crippen LogP contribution in [0.25, 0.3) is 27.7 Å². The summed E-state index contributed by atoms with van der Waals surface area (Å²) in [5, 5.41) is 13.4. The van der Waals surface area contributed by atoms with Crippen molar-refractivity contribution >= 4 is 16.4 Å². The molecule has 0 atom stereocenters. The van der Waals surface area contributed by atoms with E-state index in [1.54, 1.807) is 6.33 Å². The molecule has 3 saturated carbocycles. The van der Waals surface area contributed by atoms with Crippen molar-refractivity contribution in [3.63, 3.8) is 0 Å². The third-order valence-corrected chi connectivity index (χ3v) is 7.24. The van der Waals surface area contributed by atoms with Gasteiger partial charge in [0, 0.05) is 36.1 Å². The van der Waals surface area contributed by atoms with Crippen LogP contribution in [0, 0.1) is 5.41 Å². The summed E-state index contributed by atoms with van der Waals surface area (Å²) < 4.78 is 17.5. The Morgan fingerprint density at radius 3 is 2.94 bits per heavy atom. The van der Waals surface area contributed by atoms with E-state index >= 15 is 0 Å². The molecule has 0 unspecified atom stereocenters. The van der Waals surface area contributed by atoms with Crippen molar-refractivity contribution in [1.29, 1.82) is 0 Å². The number of benzene rings is 1. The van der Waals surface area contributed by atoms with Crippen LogP contribution >= 0.6 is 0 Å². The van der Waals surface area contributed by atoms with Crippen molar-refractivity contribution in [2.24, 2.45) is 5.41 Å². The van der Waals surface area contributed by atoms with Gasteiger partial charge in [0.25, 0.3) is 0 Å². The lowest BCUT2D eigenvalue weighted by molar-refractivity contribution is -0.209. The van der Waals surface area contributed by atoms with Gasteiger partial charge in [0.05, 0.1) is 30.8 Å². The molecule has 8 heteroatoms. The first-order valence-electron chi connectivity index (χ1n) is 11.4. The number of aromatic nitrogens is 6. The average Bonchev–Trinajstić information content (AvgIpc) is 3.50. The summed E-state index contributed by atoms with van der Waals surface area (Å²) in [6.45, 7) is 2.32.